The van der Waals surface area contributed by atoms with Gasteiger partial charge in [0, 0.05) is 0 Å². The number of nitriles is 1. The Bertz CT molecular complexity index is 526. The lowest BCUT2D eigenvalue weighted by Gasteiger charge is -2.30. The van der Waals surface area contributed by atoms with Crippen LogP contribution in [-0.4, -0.2) is 18.6 Å². The number of hydrogen-bond donors (Lipinski definition) is 1. The first-order valence-electron chi connectivity index (χ1n) is 7.57. The van der Waals surface area contributed by atoms with Crippen LogP contribution in [0.2, 0.25) is 0 Å². The number of nitrogens with one attached hydrogen (secondary N) is 1. The molecule has 1 aliphatic carbocycles. The maximum Gasteiger partial charge on any atom is 0.256 e. The van der Waals surface area contributed by atoms with Gasteiger partial charge in [0.1, 0.15) is 11.3 Å². The quantitative estimate of drug-likeness (QED) is 0.926. The van der Waals surface area contributed by atoms with Crippen LogP contribution < -0.4 is 10.1 Å². The smallest absolute Gasteiger partial charge is 0.256 e. The SMILES string of the molecule is COc1ccccc1C(=O)NC1(C#N)CCCCCCC1. The number of carbonyl (C=O) groups excluding carboxylic acids is 1. The zero-order chi connectivity index (χ0) is 15.1. The molecule has 0 bridgehead atoms. The van der Waals surface area contributed by atoms with Crippen molar-refractivity contribution in [1.82, 2.24) is 5.32 Å². The molecule has 0 unspecified atom stereocenters. The Labute approximate surface area is 126 Å². The van der Waals surface area contributed by atoms with E-state index >= 15 is 0 Å². The van der Waals surface area contributed by atoms with Gasteiger partial charge in [-0.1, -0.05) is 44.2 Å². The Morgan fingerprint density at radius 2 is 1.81 bits per heavy atom. The van der Waals surface area contributed by atoms with Gasteiger partial charge >= 0.3 is 0 Å². The van der Waals surface area contributed by atoms with Crippen molar-refractivity contribution in [2.75, 3.05) is 7.11 Å². The maximum absolute atomic E-state index is 12.5. The van der Waals surface area contributed by atoms with E-state index in [1.807, 2.05) is 6.07 Å². The molecule has 1 aromatic carbocycles. The summed E-state index contributed by atoms with van der Waals surface area (Å²) in [5.41, 5.74) is -0.255. The van der Waals surface area contributed by atoms with Gasteiger partial charge in [-0.25, -0.2) is 0 Å². The number of rotatable bonds is 3. The number of ether oxygens (including phenoxy) is 1. The average molecular weight is 286 g/mol. The first-order chi connectivity index (χ1) is 10.2. The summed E-state index contributed by atoms with van der Waals surface area (Å²) in [6.45, 7) is 0. The summed E-state index contributed by atoms with van der Waals surface area (Å²) >= 11 is 0. The fraction of sp³-hybridized carbons (Fsp3) is 0.529. The fourth-order valence-corrected chi connectivity index (χ4v) is 2.89. The summed E-state index contributed by atoms with van der Waals surface area (Å²) in [6, 6.07) is 9.46. The molecule has 0 heterocycles. The van der Waals surface area contributed by atoms with Crippen LogP contribution in [-0.2, 0) is 0 Å². The van der Waals surface area contributed by atoms with Gasteiger partial charge < -0.3 is 10.1 Å². The molecule has 1 aromatic rings. The molecule has 0 saturated heterocycles. The minimum Gasteiger partial charge on any atom is -0.496 e. The molecule has 112 valence electrons. The van der Waals surface area contributed by atoms with Gasteiger partial charge in [0.15, 0.2) is 0 Å². The number of amides is 1. The molecule has 1 aliphatic rings. The Morgan fingerprint density at radius 1 is 1.19 bits per heavy atom. The van der Waals surface area contributed by atoms with Crippen molar-refractivity contribution in [3.63, 3.8) is 0 Å². The zero-order valence-corrected chi connectivity index (χ0v) is 12.5. The van der Waals surface area contributed by atoms with E-state index in [1.54, 1.807) is 25.3 Å². The number of methoxy groups -OCH3 is 1. The Kier molecular flexibility index (Phi) is 5.21. The highest BCUT2D eigenvalue weighted by Crippen LogP contribution is 2.27. The molecular formula is C17H22N2O2. The number of nitrogens with zero attached hydrogens (tertiary/aromatic N) is 1. The second-order valence-corrected chi connectivity index (χ2v) is 5.62. The minimum absolute atomic E-state index is 0.227. The van der Waals surface area contributed by atoms with Crippen LogP contribution in [0.4, 0.5) is 0 Å². The van der Waals surface area contributed by atoms with Crippen LogP contribution in [0, 0.1) is 11.3 Å². The molecule has 1 amide bonds. The van der Waals surface area contributed by atoms with E-state index in [2.05, 4.69) is 11.4 Å². The molecular weight excluding hydrogens is 264 g/mol. The van der Waals surface area contributed by atoms with Gasteiger partial charge in [-0.3, -0.25) is 4.79 Å². The van der Waals surface area contributed by atoms with Gasteiger partial charge in [0.05, 0.1) is 18.7 Å². The number of benzene rings is 1. The number of hydrogen-bond acceptors (Lipinski definition) is 3. The van der Waals surface area contributed by atoms with Gasteiger partial charge in [0.2, 0.25) is 0 Å². The summed E-state index contributed by atoms with van der Waals surface area (Å²) in [4.78, 5) is 12.5. The van der Waals surface area contributed by atoms with Gasteiger partial charge in [-0.15, -0.1) is 0 Å². The highest BCUT2D eigenvalue weighted by molar-refractivity contribution is 5.97. The molecule has 0 atom stereocenters. The second-order valence-electron chi connectivity index (χ2n) is 5.62. The largest absolute Gasteiger partial charge is 0.496 e. The van der Waals surface area contributed by atoms with Crippen molar-refractivity contribution in [2.24, 2.45) is 0 Å². The molecule has 1 N–H and O–H groups in total. The fourth-order valence-electron chi connectivity index (χ4n) is 2.89. The first kappa shape index (κ1) is 15.4. The molecule has 0 spiro atoms. The molecule has 2 rings (SSSR count). The molecule has 0 aromatic heterocycles. The molecule has 4 heteroatoms. The summed E-state index contributed by atoms with van der Waals surface area (Å²) in [5, 5.41) is 12.5. The Hall–Kier alpha value is -2.02. The highest BCUT2D eigenvalue weighted by Gasteiger charge is 2.32. The Balaban J connectivity index is 2.17. The molecule has 1 saturated carbocycles. The number of para-hydroxylation sites is 1. The normalized spacial score (nSPS) is 17.9. The summed E-state index contributed by atoms with van der Waals surface area (Å²) < 4.78 is 5.22. The predicted molar refractivity (Wildman–Crippen MR) is 81.1 cm³/mol. The summed E-state index contributed by atoms with van der Waals surface area (Å²) in [7, 11) is 1.54. The lowest BCUT2D eigenvalue weighted by Crippen LogP contribution is -2.47. The van der Waals surface area contributed by atoms with Crippen molar-refractivity contribution >= 4 is 5.91 Å². The zero-order valence-electron chi connectivity index (χ0n) is 12.5. The maximum atomic E-state index is 12.5. The van der Waals surface area contributed by atoms with E-state index in [1.165, 1.54) is 6.42 Å². The van der Waals surface area contributed by atoms with Crippen LogP contribution in [0.1, 0.15) is 55.3 Å². The third-order valence-corrected chi connectivity index (χ3v) is 4.13. The van der Waals surface area contributed by atoms with E-state index < -0.39 is 5.54 Å². The molecule has 4 nitrogen and oxygen atoms in total. The van der Waals surface area contributed by atoms with Gasteiger partial charge in [-0.05, 0) is 25.0 Å². The molecule has 21 heavy (non-hydrogen) atoms. The molecule has 1 fully saturated rings. The standard InChI is InChI=1S/C17H22N2O2/c1-21-15-10-6-5-9-14(15)16(20)19-17(13-18)11-7-3-2-4-8-12-17/h5-6,9-10H,2-4,7-8,11-12H2,1H3,(H,19,20). The predicted octanol–water partition coefficient (Wildman–Crippen LogP) is 3.43. The monoisotopic (exact) mass is 286 g/mol. The van der Waals surface area contributed by atoms with Crippen LogP contribution in [0.3, 0.4) is 0 Å². The van der Waals surface area contributed by atoms with Crippen LogP contribution in [0.25, 0.3) is 0 Å². The average Bonchev–Trinajstić information content (AvgIpc) is 2.50. The van der Waals surface area contributed by atoms with Crippen LogP contribution in [0.5, 0.6) is 5.75 Å². The third kappa shape index (κ3) is 3.75. The topological polar surface area (TPSA) is 62.1 Å². The molecule has 0 aliphatic heterocycles. The number of carbonyl (C=O) groups is 1. The highest BCUT2D eigenvalue weighted by atomic mass is 16.5. The second kappa shape index (κ2) is 7.12. The van der Waals surface area contributed by atoms with E-state index in [4.69, 9.17) is 4.74 Å². The van der Waals surface area contributed by atoms with Gasteiger partial charge in [0.25, 0.3) is 5.91 Å². The Morgan fingerprint density at radius 3 is 2.43 bits per heavy atom. The van der Waals surface area contributed by atoms with Crippen molar-refractivity contribution in [1.29, 1.82) is 5.26 Å². The summed E-state index contributed by atoms with van der Waals surface area (Å²) in [5.74, 6) is 0.309. The van der Waals surface area contributed by atoms with Crippen molar-refractivity contribution < 1.29 is 9.53 Å². The van der Waals surface area contributed by atoms with Crippen molar-refractivity contribution in [3.8, 4) is 11.8 Å². The van der Waals surface area contributed by atoms with Crippen molar-refractivity contribution in [3.05, 3.63) is 29.8 Å². The minimum atomic E-state index is -0.738. The lowest BCUT2D eigenvalue weighted by atomic mass is 9.85. The van der Waals surface area contributed by atoms with Crippen LogP contribution >= 0.6 is 0 Å². The molecule has 0 radical (unpaired) electrons. The van der Waals surface area contributed by atoms with E-state index in [-0.39, 0.29) is 5.91 Å². The van der Waals surface area contributed by atoms with E-state index in [9.17, 15) is 10.1 Å². The lowest BCUT2D eigenvalue weighted by molar-refractivity contribution is 0.0904. The van der Waals surface area contributed by atoms with Crippen molar-refractivity contribution in [2.45, 2.75) is 50.5 Å². The van der Waals surface area contributed by atoms with Gasteiger partial charge in [-0.2, -0.15) is 5.26 Å². The third-order valence-electron chi connectivity index (χ3n) is 4.13. The van der Waals surface area contributed by atoms with Crippen LogP contribution in [0.15, 0.2) is 24.3 Å². The first-order valence-corrected chi connectivity index (χ1v) is 7.57. The van der Waals surface area contributed by atoms with E-state index in [0.717, 1.165) is 38.5 Å². The summed E-state index contributed by atoms with van der Waals surface area (Å²) in [6.07, 6.45) is 6.91. The van der Waals surface area contributed by atoms with E-state index in [0.29, 0.717) is 11.3 Å².